The van der Waals surface area contributed by atoms with E-state index in [9.17, 15) is 14.4 Å². The zero-order chi connectivity index (χ0) is 23.1. The molecule has 0 aromatic heterocycles. The summed E-state index contributed by atoms with van der Waals surface area (Å²) in [7, 11) is 2.65. The van der Waals surface area contributed by atoms with Gasteiger partial charge in [0.1, 0.15) is 12.7 Å². The number of carbonyl (C=O) groups is 3. The van der Waals surface area contributed by atoms with Crippen LogP contribution < -0.4 is 5.32 Å². The maximum Gasteiger partial charge on any atom is 0.407 e. The highest BCUT2D eigenvalue weighted by Gasteiger charge is 2.29. The number of hydroxylamine groups is 2. The molecule has 2 aromatic rings. The maximum atomic E-state index is 12.2. The number of nitrogens with one attached hydrogen (secondary N) is 1. The van der Waals surface area contributed by atoms with E-state index in [1.807, 2.05) is 36.4 Å². The van der Waals surface area contributed by atoms with E-state index in [-0.39, 0.29) is 25.5 Å². The monoisotopic (exact) mass is 442 g/mol. The molecule has 9 nitrogen and oxygen atoms in total. The van der Waals surface area contributed by atoms with Gasteiger partial charge < -0.3 is 19.9 Å². The second-order valence-electron chi connectivity index (χ2n) is 7.27. The molecule has 0 heterocycles. The van der Waals surface area contributed by atoms with E-state index >= 15 is 0 Å². The molecule has 170 valence electrons. The number of hydrogen-bond donors (Lipinski definition) is 2. The molecule has 0 radical (unpaired) electrons. The molecule has 2 N–H and O–H groups in total. The number of rotatable bonds is 10. The lowest BCUT2D eigenvalue weighted by Gasteiger charge is -2.21. The standard InChI is InChI=1S/C23H26N2O7/c1-25(32-14-21(26)27)22(28)20(30-2)11-12-24-23(29)31-13-19-17-9-5-3-7-15(17)16-8-4-6-10-18(16)19/h3-10,19-20H,11-14H2,1-2H3,(H,24,29)(H,26,27). The number of nitrogens with zero attached hydrogens (tertiary/aromatic N) is 1. The van der Waals surface area contributed by atoms with Gasteiger partial charge in [-0.25, -0.2) is 14.7 Å². The highest BCUT2D eigenvalue weighted by Crippen LogP contribution is 2.44. The van der Waals surface area contributed by atoms with Gasteiger partial charge in [0.25, 0.3) is 5.91 Å². The second kappa shape index (κ2) is 10.7. The smallest absolute Gasteiger partial charge is 0.407 e. The molecule has 0 saturated heterocycles. The molecule has 0 saturated carbocycles. The van der Waals surface area contributed by atoms with Gasteiger partial charge in [0.2, 0.25) is 0 Å². The quantitative estimate of drug-likeness (QED) is 0.543. The van der Waals surface area contributed by atoms with E-state index in [4.69, 9.17) is 19.4 Å². The minimum absolute atomic E-state index is 0.0403. The molecule has 32 heavy (non-hydrogen) atoms. The van der Waals surface area contributed by atoms with Crippen LogP contribution in [-0.2, 0) is 23.9 Å². The minimum Gasteiger partial charge on any atom is -0.479 e. The van der Waals surface area contributed by atoms with E-state index in [0.717, 1.165) is 27.3 Å². The summed E-state index contributed by atoms with van der Waals surface area (Å²) < 4.78 is 10.6. The number of ether oxygens (including phenoxy) is 2. The molecule has 0 bridgehead atoms. The number of carbonyl (C=O) groups excluding carboxylic acids is 2. The van der Waals surface area contributed by atoms with Gasteiger partial charge in [-0.1, -0.05) is 48.5 Å². The topological polar surface area (TPSA) is 114 Å². The first-order valence-corrected chi connectivity index (χ1v) is 10.2. The highest BCUT2D eigenvalue weighted by atomic mass is 16.7. The Morgan fingerprint density at radius 2 is 1.66 bits per heavy atom. The number of fused-ring (bicyclic) bond motifs is 3. The first kappa shape index (κ1) is 23.2. The van der Waals surface area contributed by atoms with E-state index < -0.39 is 30.7 Å². The average molecular weight is 442 g/mol. The van der Waals surface area contributed by atoms with Crippen LogP contribution in [0.2, 0.25) is 0 Å². The highest BCUT2D eigenvalue weighted by molar-refractivity contribution is 5.80. The van der Waals surface area contributed by atoms with Crippen LogP contribution in [0.1, 0.15) is 23.5 Å². The third-order valence-electron chi connectivity index (χ3n) is 5.27. The molecule has 2 amide bonds. The first-order valence-electron chi connectivity index (χ1n) is 10.2. The van der Waals surface area contributed by atoms with Gasteiger partial charge in [-0.15, -0.1) is 0 Å². The van der Waals surface area contributed by atoms with Gasteiger partial charge in [0, 0.05) is 33.0 Å². The predicted octanol–water partition coefficient (Wildman–Crippen LogP) is 2.40. The van der Waals surface area contributed by atoms with Crippen molar-refractivity contribution >= 4 is 18.0 Å². The molecule has 0 spiro atoms. The van der Waals surface area contributed by atoms with Crippen molar-refractivity contribution < 1.29 is 33.8 Å². The average Bonchev–Trinajstić information content (AvgIpc) is 3.12. The number of aliphatic carboxylic acids is 1. The Bertz CT molecular complexity index is 933. The van der Waals surface area contributed by atoms with E-state index in [0.29, 0.717) is 0 Å². The van der Waals surface area contributed by atoms with Crippen molar-refractivity contribution in [3.63, 3.8) is 0 Å². The summed E-state index contributed by atoms with van der Waals surface area (Å²) in [6.45, 7) is -0.317. The van der Waals surface area contributed by atoms with Gasteiger partial charge in [-0.05, 0) is 22.3 Å². The van der Waals surface area contributed by atoms with Crippen LogP contribution in [0.3, 0.4) is 0 Å². The summed E-state index contributed by atoms with van der Waals surface area (Å²) in [4.78, 5) is 39.8. The summed E-state index contributed by atoms with van der Waals surface area (Å²) >= 11 is 0. The third kappa shape index (κ3) is 5.43. The molecule has 1 atom stereocenters. The molecular formula is C23H26N2O7. The summed E-state index contributed by atoms with van der Waals surface area (Å²) in [5, 5.41) is 12.1. The largest absolute Gasteiger partial charge is 0.479 e. The van der Waals surface area contributed by atoms with Gasteiger partial charge >= 0.3 is 12.1 Å². The summed E-state index contributed by atoms with van der Waals surface area (Å²) in [5.41, 5.74) is 4.53. The Balaban J connectivity index is 1.48. The molecule has 9 heteroatoms. The number of benzene rings is 2. The van der Waals surface area contributed by atoms with E-state index in [1.165, 1.54) is 14.2 Å². The van der Waals surface area contributed by atoms with Crippen LogP contribution in [0.15, 0.2) is 48.5 Å². The van der Waals surface area contributed by atoms with Gasteiger partial charge in [0.05, 0.1) is 0 Å². The minimum atomic E-state index is -1.20. The molecular weight excluding hydrogens is 416 g/mol. The van der Waals surface area contributed by atoms with Crippen LogP contribution in [0.25, 0.3) is 11.1 Å². The van der Waals surface area contributed by atoms with Crippen LogP contribution in [0.4, 0.5) is 4.79 Å². The van der Waals surface area contributed by atoms with Crippen molar-refractivity contribution in [1.29, 1.82) is 0 Å². The van der Waals surface area contributed by atoms with Gasteiger partial charge in [-0.2, -0.15) is 0 Å². The van der Waals surface area contributed by atoms with Crippen molar-refractivity contribution in [1.82, 2.24) is 10.4 Å². The lowest BCUT2D eigenvalue weighted by molar-refractivity contribution is -0.193. The van der Waals surface area contributed by atoms with Crippen LogP contribution in [-0.4, -0.2) is 68.2 Å². The Morgan fingerprint density at radius 1 is 1.06 bits per heavy atom. The number of carboxylic acids is 1. The van der Waals surface area contributed by atoms with Crippen molar-refractivity contribution in [2.75, 3.05) is 33.9 Å². The summed E-state index contributed by atoms with van der Waals surface area (Å²) in [6, 6.07) is 16.1. The molecule has 0 fully saturated rings. The number of methoxy groups -OCH3 is 1. The molecule has 1 aliphatic rings. The predicted molar refractivity (Wildman–Crippen MR) is 115 cm³/mol. The normalized spacial score (nSPS) is 13.1. The fourth-order valence-electron chi connectivity index (χ4n) is 3.72. The summed E-state index contributed by atoms with van der Waals surface area (Å²) in [5.74, 6) is -1.79. The SMILES string of the molecule is COC(CCNC(=O)OCC1c2ccccc2-c2ccccc21)C(=O)N(C)OCC(=O)O. The Kier molecular flexibility index (Phi) is 7.80. The Labute approximate surface area is 185 Å². The van der Waals surface area contributed by atoms with Crippen molar-refractivity contribution in [3.8, 4) is 11.1 Å². The molecule has 1 aliphatic carbocycles. The number of carboxylic acid groups (broad SMARTS) is 1. The molecule has 1 unspecified atom stereocenters. The van der Waals surface area contributed by atoms with Crippen LogP contribution in [0.5, 0.6) is 0 Å². The van der Waals surface area contributed by atoms with E-state index in [1.54, 1.807) is 0 Å². The van der Waals surface area contributed by atoms with E-state index in [2.05, 4.69) is 17.4 Å². The lowest BCUT2D eigenvalue weighted by Crippen LogP contribution is -2.40. The number of alkyl carbamates (subject to hydrolysis) is 1. The van der Waals surface area contributed by atoms with Crippen molar-refractivity contribution in [3.05, 3.63) is 59.7 Å². The zero-order valence-corrected chi connectivity index (χ0v) is 17.9. The summed E-state index contributed by atoms with van der Waals surface area (Å²) in [6.07, 6.45) is -1.33. The Morgan fingerprint density at radius 3 is 2.22 bits per heavy atom. The first-order chi connectivity index (χ1) is 15.4. The van der Waals surface area contributed by atoms with Gasteiger partial charge in [0.15, 0.2) is 6.61 Å². The fourth-order valence-corrected chi connectivity index (χ4v) is 3.72. The fraction of sp³-hybridized carbons (Fsp3) is 0.348. The van der Waals surface area contributed by atoms with Crippen LogP contribution in [0, 0.1) is 0 Å². The number of amides is 2. The van der Waals surface area contributed by atoms with Crippen LogP contribution >= 0.6 is 0 Å². The molecule has 2 aromatic carbocycles. The third-order valence-corrected chi connectivity index (χ3v) is 5.27. The number of hydrogen-bond acceptors (Lipinski definition) is 6. The number of likely N-dealkylation sites (N-methyl/N-ethyl adjacent to an activating group) is 1. The second-order valence-corrected chi connectivity index (χ2v) is 7.27. The molecule has 3 rings (SSSR count). The van der Waals surface area contributed by atoms with Gasteiger partial charge in [-0.3, -0.25) is 9.63 Å². The maximum absolute atomic E-state index is 12.2. The van der Waals surface area contributed by atoms with Crippen molar-refractivity contribution in [2.24, 2.45) is 0 Å². The van der Waals surface area contributed by atoms with Crippen molar-refractivity contribution in [2.45, 2.75) is 18.4 Å². The lowest BCUT2D eigenvalue weighted by atomic mass is 9.98. The zero-order valence-electron chi connectivity index (χ0n) is 17.9. The Hall–Kier alpha value is -3.43. The molecule has 0 aliphatic heterocycles.